The van der Waals surface area contributed by atoms with Gasteiger partial charge in [0.2, 0.25) is 0 Å². The smallest absolute Gasteiger partial charge is 0.135 e. The fraction of sp³-hybridized carbons (Fsp3) is 0.267. The molecule has 0 bridgehead atoms. The second-order valence-corrected chi connectivity index (χ2v) is 5.38. The van der Waals surface area contributed by atoms with Gasteiger partial charge in [0.1, 0.15) is 16.6 Å². The number of hydrogen-bond donors (Lipinski definition) is 1. The first kappa shape index (κ1) is 13.1. The molecule has 0 amide bonds. The van der Waals surface area contributed by atoms with Crippen LogP contribution in [0.5, 0.6) is 0 Å². The number of halogens is 1. The largest absolute Gasteiger partial charge is 0.467 e. The van der Waals surface area contributed by atoms with Crippen molar-refractivity contribution in [2.24, 2.45) is 5.73 Å². The zero-order chi connectivity index (χ0) is 14.1. The maximum absolute atomic E-state index is 14.0. The molecule has 0 unspecified atom stereocenters. The van der Waals surface area contributed by atoms with Gasteiger partial charge >= 0.3 is 0 Å². The zero-order valence-electron chi connectivity index (χ0n) is 10.9. The Hall–Kier alpha value is -1.88. The number of furan rings is 1. The number of nitrogens with zero attached hydrogens (tertiary/aromatic N) is 1. The van der Waals surface area contributed by atoms with E-state index in [9.17, 15) is 4.39 Å². The lowest BCUT2D eigenvalue weighted by Gasteiger charge is -2.26. The van der Waals surface area contributed by atoms with Crippen molar-refractivity contribution in [3.8, 4) is 0 Å². The maximum Gasteiger partial charge on any atom is 0.135 e. The van der Waals surface area contributed by atoms with Crippen LogP contribution in [0.2, 0.25) is 0 Å². The molecule has 1 aromatic heterocycles. The number of benzene rings is 1. The lowest BCUT2D eigenvalue weighted by Crippen LogP contribution is -2.28. The van der Waals surface area contributed by atoms with Crippen molar-refractivity contribution in [1.82, 2.24) is 0 Å². The van der Waals surface area contributed by atoms with E-state index in [1.54, 1.807) is 12.3 Å². The molecular weight excluding hydrogens is 275 g/mol. The normalized spacial score (nSPS) is 14.2. The molecule has 104 valence electrons. The fourth-order valence-electron chi connectivity index (χ4n) is 2.36. The predicted octanol–water partition coefficient (Wildman–Crippen LogP) is 3.22. The molecule has 1 heterocycles. The lowest BCUT2D eigenvalue weighted by molar-refractivity contribution is 0.500. The maximum atomic E-state index is 14.0. The van der Waals surface area contributed by atoms with Gasteiger partial charge < -0.3 is 15.1 Å². The Morgan fingerprint density at radius 3 is 2.75 bits per heavy atom. The molecule has 1 aliphatic carbocycles. The molecule has 0 spiro atoms. The standard InChI is InChI=1S/C15H15FN2OS/c16-12-4-1-5-13(14(12)15(17)20)18(10-6-7-10)9-11-3-2-8-19-11/h1-5,8,10H,6-7,9H2,(H2,17,20). The van der Waals surface area contributed by atoms with Gasteiger partial charge in [-0.1, -0.05) is 18.3 Å². The fourth-order valence-corrected chi connectivity index (χ4v) is 2.57. The molecule has 5 heteroatoms. The molecule has 2 aromatic rings. The minimum atomic E-state index is -0.375. The van der Waals surface area contributed by atoms with Crippen LogP contribution in [0.15, 0.2) is 41.0 Å². The van der Waals surface area contributed by atoms with Crippen LogP contribution >= 0.6 is 12.2 Å². The van der Waals surface area contributed by atoms with E-state index in [1.165, 1.54) is 6.07 Å². The Morgan fingerprint density at radius 1 is 1.35 bits per heavy atom. The molecule has 3 nitrogen and oxygen atoms in total. The van der Waals surface area contributed by atoms with Gasteiger partial charge in [0.05, 0.1) is 24.1 Å². The van der Waals surface area contributed by atoms with Crippen molar-refractivity contribution in [1.29, 1.82) is 0 Å². The van der Waals surface area contributed by atoms with E-state index < -0.39 is 0 Å². The number of hydrogen-bond acceptors (Lipinski definition) is 3. The van der Waals surface area contributed by atoms with Crippen molar-refractivity contribution < 1.29 is 8.81 Å². The zero-order valence-corrected chi connectivity index (χ0v) is 11.7. The first-order chi connectivity index (χ1) is 9.66. The van der Waals surface area contributed by atoms with Gasteiger partial charge in [-0.3, -0.25) is 0 Å². The molecule has 1 aliphatic rings. The molecule has 1 aromatic carbocycles. The molecule has 0 saturated heterocycles. The van der Waals surface area contributed by atoms with Crippen LogP contribution in [0.4, 0.5) is 10.1 Å². The number of thiocarbonyl (C=S) groups is 1. The SMILES string of the molecule is NC(=S)c1c(F)cccc1N(Cc1ccco1)C1CC1. The molecule has 0 radical (unpaired) electrons. The second kappa shape index (κ2) is 5.25. The summed E-state index contributed by atoms with van der Waals surface area (Å²) in [6.45, 7) is 0.594. The van der Waals surface area contributed by atoms with E-state index >= 15 is 0 Å². The van der Waals surface area contributed by atoms with Crippen molar-refractivity contribution in [2.45, 2.75) is 25.4 Å². The second-order valence-electron chi connectivity index (χ2n) is 4.94. The minimum absolute atomic E-state index is 0.0863. The number of nitrogens with two attached hydrogens (primary N) is 1. The summed E-state index contributed by atoms with van der Waals surface area (Å²) in [5, 5.41) is 0. The monoisotopic (exact) mass is 290 g/mol. The summed E-state index contributed by atoms with van der Waals surface area (Å²) < 4.78 is 19.4. The quantitative estimate of drug-likeness (QED) is 0.859. The minimum Gasteiger partial charge on any atom is -0.467 e. The molecular formula is C15H15FN2OS. The number of rotatable bonds is 5. The summed E-state index contributed by atoms with van der Waals surface area (Å²) in [5.41, 5.74) is 6.76. The topological polar surface area (TPSA) is 42.4 Å². The summed E-state index contributed by atoms with van der Waals surface area (Å²) in [7, 11) is 0. The molecule has 2 N–H and O–H groups in total. The highest BCUT2D eigenvalue weighted by atomic mass is 32.1. The highest BCUT2D eigenvalue weighted by molar-refractivity contribution is 7.80. The highest BCUT2D eigenvalue weighted by Gasteiger charge is 2.32. The molecule has 1 saturated carbocycles. The van der Waals surface area contributed by atoms with Crippen molar-refractivity contribution in [3.63, 3.8) is 0 Å². The van der Waals surface area contributed by atoms with Crippen LogP contribution in [0.3, 0.4) is 0 Å². The van der Waals surface area contributed by atoms with Gasteiger partial charge in [0, 0.05) is 6.04 Å². The Bertz CT molecular complexity index is 623. The third kappa shape index (κ3) is 2.54. The van der Waals surface area contributed by atoms with Gasteiger partial charge in [0.25, 0.3) is 0 Å². The first-order valence-electron chi connectivity index (χ1n) is 6.54. The van der Waals surface area contributed by atoms with Gasteiger partial charge in [-0.2, -0.15) is 0 Å². The molecule has 3 rings (SSSR count). The Labute approximate surface area is 122 Å². The molecule has 20 heavy (non-hydrogen) atoms. The molecule has 0 aliphatic heterocycles. The Kier molecular flexibility index (Phi) is 3.44. The predicted molar refractivity (Wildman–Crippen MR) is 80.2 cm³/mol. The Balaban J connectivity index is 1.99. The average molecular weight is 290 g/mol. The van der Waals surface area contributed by atoms with E-state index in [4.69, 9.17) is 22.4 Å². The summed E-state index contributed by atoms with van der Waals surface area (Å²) in [5.74, 6) is 0.468. The lowest BCUT2D eigenvalue weighted by atomic mass is 10.1. The van der Waals surface area contributed by atoms with Gasteiger partial charge in [0.15, 0.2) is 0 Å². The van der Waals surface area contributed by atoms with Crippen LogP contribution in [-0.4, -0.2) is 11.0 Å². The third-order valence-electron chi connectivity index (χ3n) is 3.44. The van der Waals surface area contributed by atoms with E-state index in [-0.39, 0.29) is 10.8 Å². The molecule has 1 fully saturated rings. The molecule has 0 atom stereocenters. The summed E-state index contributed by atoms with van der Waals surface area (Å²) in [6.07, 6.45) is 3.82. The average Bonchev–Trinajstić information content (AvgIpc) is 3.12. The van der Waals surface area contributed by atoms with E-state index in [2.05, 4.69) is 4.90 Å². The van der Waals surface area contributed by atoms with E-state index in [0.717, 1.165) is 24.3 Å². The first-order valence-corrected chi connectivity index (χ1v) is 6.95. The van der Waals surface area contributed by atoms with Gasteiger partial charge in [-0.15, -0.1) is 0 Å². The van der Waals surface area contributed by atoms with Crippen molar-refractivity contribution in [2.75, 3.05) is 4.90 Å². The number of anilines is 1. The van der Waals surface area contributed by atoms with Crippen LogP contribution in [-0.2, 0) is 6.54 Å². The third-order valence-corrected chi connectivity index (χ3v) is 3.65. The van der Waals surface area contributed by atoms with Gasteiger partial charge in [-0.25, -0.2) is 4.39 Å². The van der Waals surface area contributed by atoms with Crippen LogP contribution in [0, 0.1) is 5.82 Å². The highest BCUT2D eigenvalue weighted by Crippen LogP contribution is 2.35. The van der Waals surface area contributed by atoms with Crippen LogP contribution in [0.25, 0.3) is 0 Å². The summed E-state index contributed by atoms with van der Waals surface area (Å²) in [6, 6.07) is 9.09. The summed E-state index contributed by atoms with van der Waals surface area (Å²) >= 11 is 5.00. The van der Waals surface area contributed by atoms with Gasteiger partial charge in [-0.05, 0) is 37.1 Å². The van der Waals surface area contributed by atoms with E-state index in [1.807, 2.05) is 18.2 Å². The van der Waals surface area contributed by atoms with Crippen LogP contribution in [0.1, 0.15) is 24.2 Å². The Morgan fingerprint density at radius 2 is 2.15 bits per heavy atom. The van der Waals surface area contributed by atoms with Crippen LogP contribution < -0.4 is 10.6 Å². The van der Waals surface area contributed by atoms with E-state index in [0.29, 0.717) is 18.2 Å². The van der Waals surface area contributed by atoms with Crippen molar-refractivity contribution in [3.05, 3.63) is 53.7 Å². The summed E-state index contributed by atoms with van der Waals surface area (Å²) in [4.78, 5) is 2.21. The van der Waals surface area contributed by atoms with Crippen molar-refractivity contribution >= 4 is 22.9 Å².